The van der Waals surface area contributed by atoms with Crippen LogP contribution in [0.3, 0.4) is 0 Å². The monoisotopic (exact) mass is 522 g/mol. The van der Waals surface area contributed by atoms with E-state index in [1.807, 2.05) is 4.57 Å². The van der Waals surface area contributed by atoms with Gasteiger partial charge in [0, 0.05) is 51.3 Å². The van der Waals surface area contributed by atoms with E-state index in [-0.39, 0.29) is 16.9 Å². The van der Waals surface area contributed by atoms with Crippen molar-refractivity contribution < 1.29 is 27.9 Å². The van der Waals surface area contributed by atoms with Crippen LogP contribution in [0, 0.1) is 5.92 Å². The Balaban J connectivity index is 0.000000355. The van der Waals surface area contributed by atoms with Crippen LogP contribution in [0.1, 0.15) is 53.3 Å². The standard InChI is InChI=1S/C22H28N6O2.C2HF3O2/c1-25-8-4-18(24-25)20(30)27-9-5-17-16(13-27)19(29)28-11-7-22(21(28)23-17)6-10-26(14-22)12-15-2-3-15;3-2(4,5)1(6)7/h4,8,15H,2-3,5-7,9-14H2,1H3;(H,6,7). The molecule has 3 aliphatic heterocycles. The molecule has 0 bridgehead atoms. The minimum absolute atomic E-state index is 0.0456. The van der Waals surface area contributed by atoms with Crippen molar-refractivity contribution in [1.82, 2.24) is 29.1 Å². The summed E-state index contributed by atoms with van der Waals surface area (Å²) in [6.45, 7) is 5.03. The first-order valence-electron chi connectivity index (χ1n) is 12.4. The van der Waals surface area contributed by atoms with Gasteiger partial charge in [0.25, 0.3) is 11.5 Å². The number of nitrogens with zero attached hydrogens (tertiary/aromatic N) is 6. The average molecular weight is 523 g/mol. The Kier molecular flexibility index (Phi) is 6.37. The molecular formula is C24H29F3N6O4. The smallest absolute Gasteiger partial charge is 0.475 e. The summed E-state index contributed by atoms with van der Waals surface area (Å²) in [4.78, 5) is 44.5. The Labute approximate surface area is 210 Å². The molecular weight excluding hydrogens is 493 g/mol. The third kappa shape index (κ3) is 5.00. The molecule has 0 radical (unpaired) electrons. The van der Waals surface area contributed by atoms with Crippen molar-refractivity contribution >= 4 is 11.9 Å². The first-order chi connectivity index (χ1) is 17.5. The third-order valence-electron chi connectivity index (χ3n) is 7.71. The highest BCUT2D eigenvalue weighted by Crippen LogP contribution is 2.42. The van der Waals surface area contributed by atoms with Crippen molar-refractivity contribution in [2.45, 2.75) is 56.8 Å². The van der Waals surface area contributed by atoms with Gasteiger partial charge >= 0.3 is 12.1 Å². The van der Waals surface area contributed by atoms with Crippen LogP contribution >= 0.6 is 0 Å². The first-order valence-corrected chi connectivity index (χ1v) is 12.4. The topological polar surface area (TPSA) is 114 Å². The second-order valence-electron chi connectivity index (χ2n) is 10.4. The fourth-order valence-corrected chi connectivity index (χ4v) is 5.60. The predicted octanol–water partition coefficient (Wildman–Crippen LogP) is 1.57. The summed E-state index contributed by atoms with van der Waals surface area (Å²) >= 11 is 0. The Hall–Kier alpha value is -3.22. The maximum atomic E-state index is 13.4. The summed E-state index contributed by atoms with van der Waals surface area (Å²) in [6, 6.07) is 1.73. The minimum atomic E-state index is -5.08. The van der Waals surface area contributed by atoms with E-state index in [0.717, 1.165) is 49.9 Å². The molecule has 1 atom stereocenters. The molecule has 2 aromatic heterocycles. The number of carboxylic acid groups (broad SMARTS) is 1. The van der Waals surface area contributed by atoms with Crippen LogP contribution in [0.2, 0.25) is 0 Å². The molecule has 10 nitrogen and oxygen atoms in total. The molecule has 1 aliphatic carbocycles. The number of halogens is 3. The van der Waals surface area contributed by atoms with Gasteiger partial charge in [-0.3, -0.25) is 18.8 Å². The van der Waals surface area contributed by atoms with E-state index in [1.165, 1.54) is 19.4 Å². The normalized spacial score (nSPS) is 23.0. The minimum Gasteiger partial charge on any atom is -0.475 e. The second kappa shape index (κ2) is 9.26. The molecule has 0 aromatic carbocycles. The van der Waals surface area contributed by atoms with Crippen LogP contribution in [0.4, 0.5) is 13.2 Å². The van der Waals surface area contributed by atoms with E-state index in [1.54, 1.807) is 28.9 Å². The maximum absolute atomic E-state index is 13.4. The van der Waals surface area contributed by atoms with Crippen molar-refractivity contribution in [2.24, 2.45) is 13.0 Å². The zero-order valence-electron chi connectivity index (χ0n) is 20.5. The third-order valence-corrected chi connectivity index (χ3v) is 7.71. The molecule has 1 N–H and O–H groups in total. The van der Waals surface area contributed by atoms with Gasteiger partial charge in [-0.2, -0.15) is 18.3 Å². The number of carbonyl (C=O) groups excluding carboxylic acids is 1. The summed E-state index contributed by atoms with van der Waals surface area (Å²) in [5.74, 6) is -0.974. The average Bonchev–Trinajstić information content (AvgIpc) is 3.23. The molecule has 6 rings (SSSR count). The SMILES string of the molecule is Cn1ccc(C(=O)N2CCc3nc4n(c(=O)c3C2)CCC42CCN(CC3CC3)C2)n1.O=C(O)C(F)(F)F. The highest BCUT2D eigenvalue weighted by atomic mass is 19.4. The van der Waals surface area contributed by atoms with Crippen LogP contribution < -0.4 is 5.56 Å². The van der Waals surface area contributed by atoms with Crippen molar-refractivity contribution in [1.29, 1.82) is 0 Å². The Morgan fingerprint density at radius 1 is 1.19 bits per heavy atom. The molecule has 1 amide bonds. The lowest BCUT2D eigenvalue weighted by atomic mass is 9.85. The quantitative estimate of drug-likeness (QED) is 0.651. The van der Waals surface area contributed by atoms with Gasteiger partial charge in [-0.1, -0.05) is 0 Å². The molecule has 1 saturated carbocycles. The number of hydrogen-bond acceptors (Lipinski definition) is 6. The lowest BCUT2D eigenvalue weighted by Crippen LogP contribution is -2.42. The van der Waals surface area contributed by atoms with E-state index >= 15 is 0 Å². The number of aromatic nitrogens is 4. The summed E-state index contributed by atoms with van der Waals surface area (Å²) in [5.41, 5.74) is 2.13. The summed E-state index contributed by atoms with van der Waals surface area (Å²) in [7, 11) is 1.80. The molecule has 37 heavy (non-hydrogen) atoms. The van der Waals surface area contributed by atoms with Crippen molar-refractivity contribution in [3.63, 3.8) is 0 Å². The maximum Gasteiger partial charge on any atom is 0.490 e. The van der Waals surface area contributed by atoms with Gasteiger partial charge < -0.3 is 14.9 Å². The number of likely N-dealkylation sites (tertiary alicyclic amines) is 1. The van der Waals surface area contributed by atoms with E-state index in [0.29, 0.717) is 30.8 Å². The van der Waals surface area contributed by atoms with Gasteiger partial charge in [0.1, 0.15) is 11.5 Å². The van der Waals surface area contributed by atoms with Crippen LogP contribution in [-0.4, -0.2) is 78.5 Å². The van der Waals surface area contributed by atoms with Crippen molar-refractivity contribution in [3.8, 4) is 0 Å². The van der Waals surface area contributed by atoms with E-state index in [4.69, 9.17) is 14.9 Å². The summed E-state index contributed by atoms with van der Waals surface area (Å²) in [5, 5.41) is 11.3. The van der Waals surface area contributed by atoms with Crippen molar-refractivity contribution in [3.05, 3.63) is 45.4 Å². The predicted molar refractivity (Wildman–Crippen MR) is 124 cm³/mol. The van der Waals surface area contributed by atoms with E-state index in [9.17, 15) is 22.8 Å². The van der Waals surface area contributed by atoms with Crippen LogP contribution in [0.5, 0.6) is 0 Å². The number of aliphatic carboxylic acids is 1. The molecule has 200 valence electrons. The Morgan fingerprint density at radius 3 is 2.51 bits per heavy atom. The molecule has 13 heteroatoms. The largest absolute Gasteiger partial charge is 0.490 e. The zero-order valence-corrected chi connectivity index (χ0v) is 20.5. The van der Waals surface area contributed by atoms with Gasteiger partial charge in [-0.25, -0.2) is 9.78 Å². The van der Waals surface area contributed by atoms with Crippen molar-refractivity contribution in [2.75, 3.05) is 26.2 Å². The zero-order chi connectivity index (χ0) is 26.5. The first kappa shape index (κ1) is 25.4. The van der Waals surface area contributed by atoms with Gasteiger partial charge in [-0.15, -0.1) is 0 Å². The summed E-state index contributed by atoms with van der Waals surface area (Å²) in [6.07, 6.45) is 2.18. The number of alkyl halides is 3. The van der Waals surface area contributed by atoms with Gasteiger partial charge in [0.05, 0.1) is 17.8 Å². The Bertz CT molecular complexity index is 1280. The lowest BCUT2D eigenvalue weighted by Gasteiger charge is -2.29. The van der Waals surface area contributed by atoms with Gasteiger partial charge in [0.15, 0.2) is 0 Å². The Morgan fingerprint density at radius 2 is 1.89 bits per heavy atom. The lowest BCUT2D eigenvalue weighted by molar-refractivity contribution is -0.192. The fourth-order valence-electron chi connectivity index (χ4n) is 5.60. The second-order valence-corrected chi connectivity index (χ2v) is 10.4. The molecule has 2 aromatic rings. The molecule has 1 saturated heterocycles. The van der Waals surface area contributed by atoms with Crippen LogP contribution in [0.25, 0.3) is 0 Å². The molecule has 1 spiro atoms. The number of amides is 1. The molecule has 2 fully saturated rings. The van der Waals surface area contributed by atoms with Crippen LogP contribution in [-0.2, 0) is 36.8 Å². The van der Waals surface area contributed by atoms with E-state index < -0.39 is 12.1 Å². The number of hydrogen-bond donors (Lipinski definition) is 1. The van der Waals surface area contributed by atoms with Gasteiger partial charge in [0.2, 0.25) is 0 Å². The number of carboxylic acids is 1. The molecule has 1 unspecified atom stereocenters. The highest BCUT2D eigenvalue weighted by Gasteiger charge is 2.48. The fraction of sp³-hybridized carbons (Fsp3) is 0.625. The summed E-state index contributed by atoms with van der Waals surface area (Å²) < 4.78 is 35.3. The van der Waals surface area contributed by atoms with Gasteiger partial charge in [-0.05, 0) is 44.2 Å². The van der Waals surface area contributed by atoms with E-state index in [2.05, 4.69) is 10.00 Å². The number of carbonyl (C=O) groups is 2. The number of fused-ring (bicyclic) bond motifs is 3. The number of rotatable bonds is 3. The highest BCUT2D eigenvalue weighted by molar-refractivity contribution is 5.92. The van der Waals surface area contributed by atoms with Crippen LogP contribution in [0.15, 0.2) is 17.1 Å². The number of aryl methyl sites for hydroxylation is 1. The molecule has 4 aliphatic rings. The molecule has 5 heterocycles.